The van der Waals surface area contributed by atoms with Crippen LogP contribution in [0.3, 0.4) is 0 Å². The molecule has 0 saturated carbocycles. The van der Waals surface area contributed by atoms with Crippen molar-refractivity contribution in [3.8, 4) is 11.4 Å². The zero-order chi connectivity index (χ0) is 62.5. The summed E-state index contributed by atoms with van der Waals surface area (Å²) in [6, 6.07) is -36.3. The largest absolute Gasteiger partial charge is 0.309 e. The lowest BCUT2D eigenvalue weighted by Gasteiger charge is -2.34. The Kier molecular flexibility index (Phi) is 2.63. The molecule has 3 heteroatoms. The summed E-state index contributed by atoms with van der Waals surface area (Å²) in [6.45, 7) is 0. The highest BCUT2D eigenvalue weighted by molar-refractivity contribution is 7.19. The minimum atomic E-state index is -6.38. The number of benzene rings is 8. The first kappa shape index (κ1) is 11.3. The zero-order valence-electron chi connectivity index (χ0n) is 58.5. The zero-order valence-corrected chi connectivity index (χ0v) is 26.5. The molecule has 10 aromatic rings. The van der Waals surface area contributed by atoms with E-state index in [0.29, 0.717) is 15.2 Å². The summed E-state index contributed by atoms with van der Waals surface area (Å²) in [5.41, 5.74) is -5.20. The maximum absolute atomic E-state index is 10.6. The van der Waals surface area contributed by atoms with Crippen molar-refractivity contribution in [2.24, 2.45) is 0 Å². The van der Waals surface area contributed by atoms with Gasteiger partial charge in [0, 0.05) is 32.9 Å². The topological polar surface area (TPSA) is 9.86 Å². The van der Waals surface area contributed by atoms with E-state index in [9.17, 15) is 20.6 Å². The summed E-state index contributed by atoms with van der Waals surface area (Å²) in [4.78, 5) is 0. The van der Waals surface area contributed by atoms with Crippen LogP contribution in [-0.4, -0.2) is 17.2 Å². The smallest absolute Gasteiger partial charge is 0.179 e. The predicted molar refractivity (Wildman–Crippen MR) is 219 cm³/mol. The van der Waals surface area contributed by atoms with Gasteiger partial charge in [0.25, 0.3) is 0 Å². The fourth-order valence-electron chi connectivity index (χ4n) is 6.39. The molecule has 10 rings (SSSR count). The molecule has 0 aliphatic heterocycles. The van der Waals surface area contributed by atoms with Gasteiger partial charge < -0.3 is 9.13 Å². The molecule has 0 fully saturated rings. The highest BCUT2D eigenvalue weighted by atomic mass is 28.3. The van der Waals surface area contributed by atoms with E-state index >= 15 is 0 Å². The van der Waals surface area contributed by atoms with Gasteiger partial charge in [-0.15, -0.1) is 0 Å². The first-order chi connectivity index (χ1) is 39.0. The van der Waals surface area contributed by atoms with E-state index in [1.54, 1.807) is 0 Å². The van der Waals surface area contributed by atoms with Gasteiger partial charge in [-0.2, -0.15) is 0 Å². The van der Waals surface area contributed by atoms with Crippen molar-refractivity contribution in [2.45, 2.75) is 0 Å². The van der Waals surface area contributed by atoms with Gasteiger partial charge in [0.1, 0.15) is 0 Å². The normalized spacial score (nSPS) is 21.0. The Morgan fingerprint density at radius 1 is 0.353 bits per heavy atom. The number of nitrogens with zero attached hydrogens (tertiary/aromatic N) is 2. The molecule has 2 aromatic heterocycles. The second-order valence-corrected chi connectivity index (χ2v) is 14.4. The highest BCUT2D eigenvalue weighted by Crippen LogP contribution is 2.41. The third-order valence-corrected chi connectivity index (χ3v) is 12.4. The molecule has 0 spiro atoms. The molecule has 0 saturated heterocycles. The first-order valence-corrected chi connectivity index (χ1v) is 16.9. The minimum Gasteiger partial charge on any atom is -0.309 e. The quantitative estimate of drug-likeness (QED) is 0.121. The number of rotatable bonds is 6. The van der Waals surface area contributed by atoms with Crippen molar-refractivity contribution in [3.63, 3.8) is 0 Å². The molecule has 51 heavy (non-hydrogen) atoms. The Morgan fingerprint density at radius 3 is 1.59 bits per heavy atom. The van der Waals surface area contributed by atoms with Crippen molar-refractivity contribution in [2.75, 3.05) is 0 Å². The van der Waals surface area contributed by atoms with E-state index in [0.717, 1.165) is 0 Å². The summed E-state index contributed by atoms with van der Waals surface area (Å²) in [5.74, 6) is 0. The Labute approximate surface area is 344 Å². The average Bonchev–Trinajstić information content (AvgIpc) is 1.26. The van der Waals surface area contributed by atoms with Crippen molar-refractivity contribution >= 4 is 72.4 Å². The molecule has 0 aliphatic rings. The van der Waals surface area contributed by atoms with E-state index in [-0.39, 0.29) is 0 Å². The third kappa shape index (κ3) is 4.42. The molecule has 0 aliphatic carbocycles. The van der Waals surface area contributed by atoms with Gasteiger partial charge in [-0.05, 0) is 63.0 Å². The Hall–Kier alpha value is -6.42. The van der Waals surface area contributed by atoms with Crippen LogP contribution in [-0.2, 0) is 0 Å². The van der Waals surface area contributed by atoms with Crippen molar-refractivity contribution in [1.29, 1.82) is 0 Å². The van der Waals surface area contributed by atoms with Crippen LogP contribution in [0.2, 0.25) is 0 Å². The van der Waals surface area contributed by atoms with Gasteiger partial charge in [0.15, 0.2) is 8.07 Å². The van der Waals surface area contributed by atoms with Crippen LogP contribution in [0.4, 0.5) is 0 Å². The number of fused-ring (bicyclic) bond motifs is 7. The van der Waals surface area contributed by atoms with Crippen LogP contribution in [0.1, 0.15) is 45.2 Å². The van der Waals surface area contributed by atoms with Crippen LogP contribution in [0.25, 0.3) is 55.0 Å². The maximum Gasteiger partial charge on any atom is 0.179 e. The fraction of sp³-hybridized carbons (Fsp3) is 0. The maximum atomic E-state index is 10.6. The first-order valence-electron chi connectivity index (χ1n) is 31.4. The molecule has 2 nitrogen and oxygen atoms in total. The number of hydrogen-bond acceptors (Lipinski definition) is 0. The molecule has 0 bridgehead atoms. The third-order valence-electron chi connectivity index (χ3n) is 8.37. The monoisotopic (exact) mass is 699 g/mol. The van der Waals surface area contributed by atoms with Crippen LogP contribution in [0.15, 0.2) is 205 Å². The van der Waals surface area contributed by atoms with Gasteiger partial charge in [-0.3, -0.25) is 0 Å². The van der Waals surface area contributed by atoms with E-state index in [2.05, 4.69) is 0 Å². The van der Waals surface area contributed by atoms with Crippen molar-refractivity contribution in [3.05, 3.63) is 205 Å². The molecular formula is C48H34N2Si. The van der Waals surface area contributed by atoms with E-state index < -0.39 is 283 Å². The van der Waals surface area contributed by atoms with Gasteiger partial charge in [-0.1, -0.05) is 163 Å². The molecule has 8 aromatic carbocycles. The van der Waals surface area contributed by atoms with Crippen molar-refractivity contribution in [1.82, 2.24) is 9.13 Å². The lowest BCUT2D eigenvalue weighted by atomic mass is 10.1. The van der Waals surface area contributed by atoms with Crippen LogP contribution < -0.4 is 20.7 Å². The summed E-state index contributed by atoms with van der Waals surface area (Å²) >= 11 is 0. The summed E-state index contributed by atoms with van der Waals surface area (Å²) in [5, 5.41) is -7.26. The molecular weight excluding hydrogens is 633 g/mol. The molecule has 240 valence electrons. The molecule has 0 radical (unpaired) electrons. The molecule has 0 N–H and O–H groups in total. The Balaban J connectivity index is 1.64. The molecule has 0 amide bonds. The van der Waals surface area contributed by atoms with E-state index in [1.807, 2.05) is 0 Å². The predicted octanol–water partition coefficient (Wildman–Crippen LogP) is 9.26. The van der Waals surface area contributed by atoms with Gasteiger partial charge in [0.2, 0.25) is 0 Å². The Morgan fingerprint density at radius 2 is 0.882 bits per heavy atom. The van der Waals surface area contributed by atoms with Crippen molar-refractivity contribution < 1.29 is 45.2 Å². The van der Waals surface area contributed by atoms with E-state index in [1.165, 1.54) is 0 Å². The summed E-state index contributed by atoms with van der Waals surface area (Å²) < 4.78 is 305. The van der Waals surface area contributed by atoms with Crippen LogP contribution >= 0.6 is 0 Å². The average molecular weight is 700 g/mol. The van der Waals surface area contributed by atoms with Crippen LogP contribution in [0.5, 0.6) is 0 Å². The molecule has 0 unspecified atom stereocenters. The molecule has 0 atom stereocenters. The van der Waals surface area contributed by atoms with Gasteiger partial charge >= 0.3 is 0 Å². The second kappa shape index (κ2) is 11.9. The van der Waals surface area contributed by atoms with E-state index in [4.69, 9.17) is 24.7 Å². The fourth-order valence-corrected chi connectivity index (χ4v) is 10.0. The standard InChI is InChI=1S/C48H34N2Si/c1-5-18-35(19-6-1)49-45-31-16-14-29-43(45)47-46(49)33-32-42-41-28-13-15-30-44(41)50(48(42)47)36-20-17-27-40(34-36)51(37-21-7-2-8-22-37,38-23-9-3-10-24-38)39-25-11-4-12-26-39/h1-34H/i1D,2D,3D,4D,5D,6D,7D,8D,9D,10D,11D,12D,13D,14D,15D,16D,17D,18D,19D,20D,21D,22D,23D,24D,25D,27D,28D,29D,30D,31D,32D,33D,34D. The number of hydrogen-bond donors (Lipinski definition) is 0. The lowest BCUT2D eigenvalue weighted by molar-refractivity contribution is 1.17. The second-order valence-electron chi connectivity index (χ2n) is 10.8. The number of para-hydroxylation sites is 3. The van der Waals surface area contributed by atoms with Gasteiger partial charge in [0.05, 0.1) is 67.3 Å². The number of aromatic nitrogens is 2. The van der Waals surface area contributed by atoms with Crippen LogP contribution in [0, 0.1) is 0 Å². The minimum absolute atomic E-state index is 0.615. The Bertz CT molecular complexity index is 4620. The summed E-state index contributed by atoms with van der Waals surface area (Å²) in [6.07, 6.45) is 0. The SMILES string of the molecule is [2H]c1cc([Si](c2c([2H])c([2H])c([2H])c([2H])c2[2H])(c2c([2H])c([2H])c([2H])c([2H])c2[2H])c2c([2H])c([2H])c([2H])c(-n3c4c([2H])c([2H])c([2H])c([2H])c4c4c([2H])c([2H])c5c(c6c([2H])c([2H])c([2H])c([2H])c6n5-c5c([2H])c([2H])c([2H])c([2H])c5[2H])c43)c2[2H])c([2H])c([2H])c1[2H]. The lowest BCUT2D eigenvalue weighted by Crippen LogP contribution is -2.74. The van der Waals surface area contributed by atoms with Gasteiger partial charge in [-0.25, -0.2) is 0 Å². The summed E-state index contributed by atoms with van der Waals surface area (Å²) in [7, 11) is -6.38. The highest BCUT2D eigenvalue weighted by Gasteiger charge is 2.41. The molecule has 2 heterocycles.